The zero-order valence-electron chi connectivity index (χ0n) is 11.2. The van der Waals surface area contributed by atoms with Crippen molar-refractivity contribution in [2.24, 2.45) is 4.99 Å². The van der Waals surface area contributed by atoms with Gasteiger partial charge in [-0.3, -0.25) is 9.79 Å². The van der Waals surface area contributed by atoms with Crippen LogP contribution in [0.25, 0.3) is 0 Å². The van der Waals surface area contributed by atoms with Crippen LogP contribution in [0.1, 0.15) is 24.0 Å². The summed E-state index contributed by atoms with van der Waals surface area (Å²) in [5, 5.41) is 2.71. The van der Waals surface area contributed by atoms with Crippen molar-refractivity contribution in [2.45, 2.75) is 20.8 Å². The first-order valence-corrected chi connectivity index (χ1v) is 6.03. The molecule has 0 radical (unpaired) electrons. The van der Waals surface area contributed by atoms with E-state index in [0.717, 1.165) is 28.5 Å². The number of rotatable bonds is 3. The molecule has 0 spiro atoms. The first kappa shape index (κ1) is 13.1. The minimum absolute atomic E-state index is 0.0826. The largest absolute Gasteiger partial charge is 0.466 e. The van der Waals surface area contributed by atoms with E-state index in [9.17, 15) is 4.79 Å². The zero-order chi connectivity index (χ0) is 13.8. The molecule has 0 unspecified atom stereocenters. The van der Waals surface area contributed by atoms with Gasteiger partial charge in [-0.1, -0.05) is 0 Å². The SMILES string of the molecule is CC(=O)Nc1ccc(N=Cc2cc(C)oc2C)cc1. The summed E-state index contributed by atoms with van der Waals surface area (Å²) in [6, 6.07) is 9.29. The number of carbonyl (C=O) groups is 1. The molecular weight excluding hydrogens is 240 g/mol. The topological polar surface area (TPSA) is 54.6 Å². The molecule has 4 nitrogen and oxygen atoms in total. The molecule has 0 saturated heterocycles. The Hall–Kier alpha value is -2.36. The molecule has 1 aromatic heterocycles. The van der Waals surface area contributed by atoms with E-state index in [2.05, 4.69) is 10.3 Å². The Kier molecular flexibility index (Phi) is 3.80. The summed E-state index contributed by atoms with van der Waals surface area (Å²) in [5.74, 6) is 1.65. The Labute approximate surface area is 112 Å². The summed E-state index contributed by atoms with van der Waals surface area (Å²) in [5.41, 5.74) is 2.57. The normalized spacial score (nSPS) is 10.9. The quantitative estimate of drug-likeness (QED) is 0.853. The Balaban J connectivity index is 2.11. The number of nitrogens with one attached hydrogen (secondary N) is 1. The van der Waals surface area contributed by atoms with Gasteiger partial charge in [0, 0.05) is 24.4 Å². The molecule has 0 saturated carbocycles. The van der Waals surface area contributed by atoms with E-state index < -0.39 is 0 Å². The van der Waals surface area contributed by atoms with E-state index in [0.29, 0.717) is 0 Å². The van der Waals surface area contributed by atoms with Gasteiger partial charge in [-0.2, -0.15) is 0 Å². The van der Waals surface area contributed by atoms with E-state index in [1.165, 1.54) is 6.92 Å². The maximum Gasteiger partial charge on any atom is 0.221 e. The molecular formula is C15H16N2O2. The smallest absolute Gasteiger partial charge is 0.221 e. The molecule has 1 amide bonds. The Morgan fingerprint density at radius 2 is 1.95 bits per heavy atom. The first-order chi connectivity index (χ1) is 9.04. The van der Waals surface area contributed by atoms with Gasteiger partial charge >= 0.3 is 0 Å². The summed E-state index contributed by atoms with van der Waals surface area (Å²) in [6.07, 6.45) is 1.78. The van der Waals surface area contributed by atoms with Crippen LogP contribution in [0.3, 0.4) is 0 Å². The van der Waals surface area contributed by atoms with E-state index in [1.54, 1.807) is 6.21 Å². The Morgan fingerprint density at radius 1 is 1.26 bits per heavy atom. The lowest BCUT2D eigenvalue weighted by Gasteiger charge is -2.01. The van der Waals surface area contributed by atoms with Crippen molar-refractivity contribution in [3.05, 3.63) is 47.4 Å². The molecule has 0 aliphatic carbocycles. The number of nitrogens with zero attached hydrogens (tertiary/aromatic N) is 1. The van der Waals surface area contributed by atoms with Gasteiger partial charge in [-0.25, -0.2) is 0 Å². The number of furan rings is 1. The van der Waals surface area contributed by atoms with Crippen LogP contribution in [0.2, 0.25) is 0 Å². The highest BCUT2D eigenvalue weighted by molar-refractivity contribution is 5.89. The van der Waals surface area contributed by atoms with Crippen LogP contribution < -0.4 is 5.32 Å². The van der Waals surface area contributed by atoms with E-state index >= 15 is 0 Å². The van der Waals surface area contributed by atoms with Crippen molar-refractivity contribution < 1.29 is 9.21 Å². The molecule has 0 aliphatic heterocycles. The minimum Gasteiger partial charge on any atom is -0.466 e. The second-order valence-electron chi connectivity index (χ2n) is 4.35. The highest BCUT2D eigenvalue weighted by Gasteiger charge is 2.01. The van der Waals surface area contributed by atoms with Gasteiger partial charge in [0.1, 0.15) is 11.5 Å². The summed E-state index contributed by atoms with van der Waals surface area (Å²) in [4.78, 5) is 15.3. The Morgan fingerprint density at radius 3 is 2.47 bits per heavy atom. The molecule has 0 bridgehead atoms. The molecule has 2 rings (SSSR count). The van der Waals surface area contributed by atoms with Crippen molar-refractivity contribution in [2.75, 3.05) is 5.32 Å². The molecule has 1 heterocycles. The summed E-state index contributed by atoms with van der Waals surface area (Å²) < 4.78 is 5.43. The maximum absolute atomic E-state index is 10.9. The first-order valence-electron chi connectivity index (χ1n) is 6.03. The van der Waals surface area contributed by atoms with E-state index in [4.69, 9.17) is 4.42 Å². The predicted molar refractivity (Wildman–Crippen MR) is 76.2 cm³/mol. The lowest BCUT2D eigenvalue weighted by Crippen LogP contribution is -2.04. The average Bonchev–Trinajstić information content (AvgIpc) is 2.66. The van der Waals surface area contributed by atoms with Crippen LogP contribution in [0.5, 0.6) is 0 Å². The fourth-order valence-corrected chi connectivity index (χ4v) is 1.76. The van der Waals surface area contributed by atoms with E-state index in [-0.39, 0.29) is 5.91 Å². The second-order valence-corrected chi connectivity index (χ2v) is 4.35. The van der Waals surface area contributed by atoms with Crippen molar-refractivity contribution >= 4 is 23.5 Å². The monoisotopic (exact) mass is 256 g/mol. The van der Waals surface area contributed by atoms with Crippen LogP contribution in [0.4, 0.5) is 11.4 Å². The summed E-state index contributed by atoms with van der Waals surface area (Å²) >= 11 is 0. The Bertz CT molecular complexity index is 610. The van der Waals surface area contributed by atoms with Gasteiger partial charge in [0.25, 0.3) is 0 Å². The van der Waals surface area contributed by atoms with E-state index in [1.807, 2.05) is 44.2 Å². The van der Waals surface area contributed by atoms with Crippen molar-refractivity contribution in [3.63, 3.8) is 0 Å². The fraction of sp³-hybridized carbons (Fsp3) is 0.200. The molecule has 1 N–H and O–H groups in total. The third-order valence-electron chi connectivity index (χ3n) is 2.62. The van der Waals surface area contributed by atoms with Crippen molar-refractivity contribution in [3.8, 4) is 0 Å². The van der Waals surface area contributed by atoms with Crippen LogP contribution >= 0.6 is 0 Å². The molecule has 98 valence electrons. The maximum atomic E-state index is 10.9. The number of hydrogen-bond donors (Lipinski definition) is 1. The standard InChI is InChI=1S/C15H16N2O2/c1-10-8-13(11(2)19-10)9-16-14-4-6-15(7-5-14)17-12(3)18/h4-9H,1-3H3,(H,17,18). The van der Waals surface area contributed by atoms with Gasteiger partial charge in [0.15, 0.2) is 0 Å². The molecule has 2 aromatic rings. The third kappa shape index (κ3) is 3.55. The van der Waals surface area contributed by atoms with Crippen LogP contribution in [0.15, 0.2) is 39.7 Å². The molecule has 1 aromatic carbocycles. The summed E-state index contributed by atoms with van der Waals surface area (Å²) in [7, 11) is 0. The number of anilines is 1. The highest BCUT2D eigenvalue weighted by atomic mass is 16.3. The third-order valence-corrected chi connectivity index (χ3v) is 2.62. The van der Waals surface area contributed by atoms with Crippen LogP contribution in [-0.4, -0.2) is 12.1 Å². The predicted octanol–water partition coefficient (Wildman–Crippen LogP) is 3.61. The zero-order valence-corrected chi connectivity index (χ0v) is 11.2. The molecule has 0 atom stereocenters. The number of amides is 1. The number of hydrogen-bond acceptors (Lipinski definition) is 3. The van der Waals surface area contributed by atoms with Gasteiger partial charge in [0.05, 0.1) is 5.69 Å². The number of aryl methyl sites for hydroxylation is 2. The van der Waals surface area contributed by atoms with Gasteiger partial charge in [-0.15, -0.1) is 0 Å². The lowest BCUT2D eigenvalue weighted by atomic mass is 10.2. The fourth-order valence-electron chi connectivity index (χ4n) is 1.76. The number of carbonyl (C=O) groups excluding carboxylic acids is 1. The summed E-state index contributed by atoms with van der Waals surface area (Å²) in [6.45, 7) is 5.30. The lowest BCUT2D eigenvalue weighted by molar-refractivity contribution is -0.114. The molecule has 4 heteroatoms. The number of aliphatic imine (C=N–C) groups is 1. The molecule has 0 fully saturated rings. The molecule has 0 aliphatic rings. The van der Waals surface area contributed by atoms with Gasteiger partial charge < -0.3 is 9.73 Å². The molecule has 19 heavy (non-hydrogen) atoms. The average molecular weight is 256 g/mol. The van der Waals surface area contributed by atoms with Crippen LogP contribution in [0, 0.1) is 13.8 Å². The number of benzene rings is 1. The van der Waals surface area contributed by atoms with Crippen molar-refractivity contribution in [1.82, 2.24) is 0 Å². The van der Waals surface area contributed by atoms with Gasteiger partial charge in [-0.05, 0) is 44.2 Å². The second kappa shape index (κ2) is 5.52. The van der Waals surface area contributed by atoms with Crippen LogP contribution in [-0.2, 0) is 4.79 Å². The van der Waals surface area contributed by atoms with Gasteiger partial charge in [0.2, 0.25) is 5.91 Å². The highest BCUT2D eigenvalue weighted by Crippen LogP contribution is 2.17. The minimum atomic E-state index is -0.0826. The van der Waals surface area contributed by atoms with Crippen molar-refractivity contribution in [1.29, 1.82) is 0 Å².